The lowest BCUT2D eigenvalue weighted by Crippen LogP contribution is -2.37. The van der Waals surface area contributed by atoms with Crippen molar-refractivity contribution in [2.24, 2.45) is 0 Å². The first-order valence-corrected chi connectivity index (χ1v) is 30.7. The molecule has 0 aliphatic rings. The van der Waals surface area contributed by atoms with Crippen LogP contribution in [0.15, 0.2) is 36.5 Å². The second-order valence-electron chi connectivity index (χ2n) is 21.0. The number of esters is 1. The summed E-state index contributed by atoms with van der Waals surface area (Å²) in [6, 6.07) is 0. The molecule has 68 heavy (non-hydrogen) atoms. The molecule has 0 bridgehead atoms. The molecule has 0 aromatic heterocycles. The largest absolute Gasteiger partial charge is 0.472 e. The van der Waals surface area contributed by atoms with Crippen molar-refractivity contribution >= 4 is 13.8 Å². The van der Waals surface area contributed by atoms with Gasteiger partial charge in [0, 0.05) is 13.0 Å². The lowest BCUT2D eigenvalue weighted by molar-refractivity contribution is -0.870. The Hall–Kier alpha value is -1.28. The Morgan fingerprint density at radius 1 is 0.456 bits per heavy atom. The van der Waals surface area contributed by atoms with E-state index in [1.54, 1.807) is 0 Å². The molecule has 0 saturated carbocycles. The van der Waals surface area contributed by atoms with Crippen molar-refractivity contribution in [1.29, 1.82) is 0 Å². The van der Waals surface area contributed by atoms with E-state index < -0.39 is 13.9 Å². The monoisotopic (exact) mass is 981 g/mol. The minimum absolute atomic E-state index is 0.0884. The van der Waals surface area contributed by atoms with E-state index in [1.807, 2.05) is 21.1 Å². The molecule has 0 aliphatic carbocycles. The summed E-state index contributed by atoms with van der Waals surface area (Å²) in [4.78, 5) is 23.1. The van der Waals surface area contributed by atoms with E-state index in [0.717, 1.165) is 51.4 Å². The van der Waals surface area contributed by atoms with Gasteiger partial charge in [-0.2, -0.15) is 0 Å². The number of quaternary nitrogens is 1. The maximum atomic E-state index is 12.8. The Labute approximate surface area is 423 Å². The minimum Gasteiger partial charge on any atom is -0.457 e. The molecule has 0 rings (SSSR count). The van der Waals surface area contributed by atoms with Crippen LogP contribution in [-0.4, -0.2) is 75.6 Å². The standard InChI is InChI=1S/C59H114NO7P/c1-6-8-10-12-14-16-18-20-22-24-26-28-30-32-34-36-38-40-42-44-46-48-50-52-59(61)67-58(57-66-68(62,63)65-55-53-60(3,4)5)56-64-54-51-49-47-45-43-41-39-37-35-33-31-29-27-25-23-21-19-17-15-13-11-9-7-2/h18,20,24,26,30,32,58H,6-17,19,21-23,25,27-29,31,33-57H2,1-5H3/p+1/b20-18-,26-24-,32-30-. The average molecular weight is 982 g/mol. The molecular weight excluding hydrogens is 866 g/mol. The topological polar surface area (TPSA) is 91.3 Å². The molecule has 2 atom stereocenters. The molecule has 2 unspecified atom stereocenters. The first kappa shape index (κ1) is 66.7. The van der Waals surface area contributed by atoms with Gasteiger partial charge in [0.05, 0.1) is 34.4 Å². The number of rotatable bonds is 55. The van der Waals surface area contributed by atoms with Gasteiger partial charge in [-0.25, -0.2) is 4.57 Å². The van der Waals surface area contributed by atoms with Crippen LogP contribution in [0.2, 0.25) is 0 Å². The zero-order valence-electron chi connectivity index (χ0n) is 45.9. The summed E-state index contributed by atoms with van der Waals surface area (Å²) in [5.74, 6) is -0.315. The Morgan fingerprint density at radius 3 is 1.21 bits per heavy atom. The van der Waals surface area contributed by atoms with E-state index in [-0.39, 0.29) is 25.8 Å². The second kappa shape index (κ2) is 52.1. The highest BCUT2D eigenvalue weighted by atomic mass is 31.2. The molecule has 0 fully saturated rings. The summed E-state index contributed by atoms with van der Waals surface area (Å²) in [6.07, 6.45) is 64.9. The van der Waals surface area contributed by atoms with Gasteiger partial charge in [-0.15, -0.1) is 0 Å². The fourth-order valence-corrected chi connectivity index (χ4v) is 9.19. The van der Waals surface area contributed by atoms with Gasteiger partial charge in [-0.1, -0.05) is 256 Å². The molecular formula is C59H115NO7P+. The average Bonchev–Trinajstić information content (AvgIpc) is 3.30. The zero-order chi connectivity index (χ0) is 49.8. The lowest BCUT2D eigenvalue weighted by Gasteiger charge is -2.24. The molecule has 0 spiro atoms. The molecule has 9 heteroatoms. The van der Waals surface area contributed by atoms with Gasteiger partial charge < -0.3 is 18.9 Å². The number of phosphoric ester groups is 1. The second-order valence-corrected chi connectivity index (χ2v) is 22.5. The van der Waals surface area contributed by atoms with Crippen LogP contribution in [0.1, 0.15) is 277 Å². The van der Waals surface area contributed by atoms with Crippen molar-refractivity contribution in [1.82, 2.24) is 0 Å². The Kier molecular flexibility index (Phi) is 51.1. The predicted molar refractivity (Wildman–Crippen MR) is 293 cm³/mol. The van der Waals surface area contributed by atoms with Gasteiger partial charge in [0.2, 0.25) is 0 Å². The number of carbonyl (C=O) groups excluding carboxylic acids is 1. The number of phosphoric acid groups is 1. The van der Waals surface area contributed by atoms with E-state index >= 15 is 0 Å². The normalized spacial score (nSPS) is 13.7. The van der Waals surface area contributed by atoms with Crippen molar-refractivity contribution in [2.75, 3.05) is 54.1 Å². The molecule has 0 aromatic rings. The third-order valence-corrected chi connectivity index (χ3v) is 13.9. The minimum atomic E-state index is -4.29. The van der Waals surface area contributed by atoms with Gasteiger partial charge in [0.25, 0.3) is 0 Å². The van der Waals surface area contributed by atoms with Gasteiger partial charge in [0.1, 0.15) is 19.3 Å². The molecule has 8 nitrogen and oxygen atoms in total. The summed E-state index contributed by atoms with van der Waals surface area (Å²) in [5, 5.41) is 0. The first-order chi connectivity index (χ1) is 33.1. The molecule has 0 aromatic carbocycles. The lowest BCUT2D eigenvalue weighted by atomic mass is 10.0. The number of unbranched alkanes of at least 4 members (excludes halogenated alkanes) is 35. The molecule has 0 aliphatic heterocycles. The highest BCUT2D eigenvalue weighted by molar-refractivity contribution is 7.47. The van der Waals surface area contributed by atoms with Crippen LogP contribution in [0, 0.1) is 0 Å². The van der Waals surface area contributed by atoms with Crippen molar-refractivity contribution in [3.63, 3.8) is 0 Å². The van der Waals surface area contributed by atoms with Crippen LogP contribution in [0.25, 0.3) is 0 Å². The zero-order valence-corrected chi connectivity index (χ0v) is 46.8. The van der Waals surface area contributed by atoms with Gasteiger partial charge in [0.15, 0.2) is 0 Å². The number of carbonyl (C=O) groups is 1. The SMILES string of the molecule is CCCCCCC/C=C\C/C=C\C/C=C\CCCCCCCCCCC(=O)OC(COCCCCCCCCCCCCCCCCCCCCCCCCC)COP(=O)(O)OCC[N+](C)(C)C. The fraction of sp³-hybridized carbons (Fsp3) is 0.881. The van der Waals surface area contributed by atoms with Crippen molar-refractivity contribution < 1.29 is 37.3 Å². The summed E-state index contributed by atoms with van der Waals surface area (Å²) in [7, 11) is 1.67. The Balaban J connectivity index is 4.07. The van der Waals surface area contributed by atoms with Crippen LogP contribution >= 0.6 is 7.82 Å². The maximum Gasteiger partial charge on any atom is 0.472 e. The third-order valence-electron chi connectivity index (χ3n) is 13.0. The quantitative estimate of drug-likeness (QED) is 0.0213. The van der Waals surface area contributed by atoms with E-state index in [0.29, 0.717) is 24.1 Å². The summed E-state index contributed by atoms with van der Waals surface area (Å²) in [6.45, 7) is 5.66. The number of hydrogen-bond donors (Lipinski definition) is 1. The van der Waals surface area contributed by atoms with Crippen LogP contribution in [-0.2, 0) is 27.9 Å². The van der Waals surface area contributed by atoms with Crippen LogP contribution in [0.3, 0.4) is 0 Å². The van der Waals surface area contributed by atoms with E-state index in [1.165, 1.54) is 205 Å². The molecule has 0 amide bonds. The Bertz CT molecular complexity index is 1180. The van der Waals surface area contributed by atoms with Crippen molar-refractivity contribution in [3.05, 3.63) is 36.5 Å². The van der Waals surface area contributed by atoms with Crippen LogP contribution in [0.5, 0.6) is 0 Å². The van der Waals surface area contributed by atoms with E-state index in [2.05, 4.69) is 50.3 Å². The molecule has 0 radical (unpaired) electrons. The van der Waals surface area contributed by atoms with E-state index in [9.17, 15) is 14.3 Å². The highest BCUT2D eigenvalue weighted by Crippen LogP contribution is 2.43. The van der Waals surface area contributed by atoms with Crippen LogP contribution in [0.4, 0.5) is 0 Å². The molecule has 1 N–H and O–H groups in total. The smallest absolute Gasteiger partial charge is 0.457 e. The molecule has 402 valence electrons. The van der Waals surface area contributed by atoms with Gasteiger partial charge in [-0.05, 0) is 51.4 Å². The Morgan fingerprint density at radius 2 is 0.809 bits per heavy atom. The third kappa shape index (κ3) is 55.6. The summed E-state index contributed by atoms with van der Waals surface area (Å²) < 4.78 is 35.3. The van der Waals surface area contributed by atoms with Crippen molar-refractivity contribution in [3.8, 4) is 0 Å². The number of nitrogens with zero attached hydrogens (tertiary/aromatic N) is 1. The predicted octanol–water partition coefficient (Wildman–Crippen LogP) is 18.5. The number of likely N-dealkylation sites (N-methyl/N-ethyl adjacent to an activating group) is 1. The van der Waals surface area contributed by atoms with Gasteiger partial charge >= 0.3 is 13.8 Å². The number of ether oxygens (including phenoxy) is 2. The number of allylic oxidation sites excluding steroid dienone is 6. The fourth-order valence-electron chi connectivity index (χ4n) is 8.45. The van der Waals surface area contributed by atoms with E-state index in [4.69, 9.17) is 18.5 Å². The summed E-state index contributed by atoms with van der Waals surface area (Å²) in [5.41, 5.74) is 0. The van der Waals surface area contributed by atoms with Gasteiger partial charge in [-0.3, -0.25) is 13.8 Å². The van der Waals surface area contributed by atoms with Crippen molar-refractivity contribution in [2.45, 2.75) is 283 Å². The van der Waals surface area contributed by atoms with Crippen LogP contribution < -0.4 is 0 Å². The molecule has 0 saturated heterocycles. The number of hydrogen-bond acceptors (Lipinski definition) is 6. The molecule has 0 heterocycles. The summed E-state index contributed by atoms with van der Waals surface area (Å²) >= 11 is 0. The maximum absolute atomic E-state index is 12.8. The highest BCUT2D eigenvalue weighted by Gasteiger charge is 2.26. The first-order valence-electron chi connectivity index (χ1n) is 29.2.